The van der Waals surface area contributed by atoms with E-state index in [1.54, 1.807) is 24.3 Å². The Morgan fingerprint density at radius 1 is 0.812 bits per heavy atom. The third-order valence-corrected chi connectivity index (χ3v) is 5.65. The third kappa shape index (κ3) is 10.8. The molecule has 0 aromatic heterocycles. The highest BCUT2D eigenvalue weighted by molar-refractivity contribution is 5.94. The van der Waals surface area contributed by atoms with Crippen LogP contribution in [0, 0.1) is 0 Å². The number of amides is 1. The summed E-state index contributed by atoms with van der Waals surface area (Å²) in [4.78, 5) is 12.5. The molecule has 0 unspecified atom stereocenters. The Labute approximate surface area is 193 Å². The maximum absolute atomic E-state index is 12.5. The van der Waals surface area contributed by atoms with E-state index in [4.69, 9.17) is 0 Å². The Bertz CT molecular complexity index is 794. The molecule has 2 rings (SSSR count). The molecule has 0 saturated carbocycles. The van der Waals surface area contributed by atoms with Gasteiger partial charge in [0.2, 0.25) is 0 Å². The third-order valence-electron chi connectivity index (χ3n) is 5.65. The molecule has 0 atom stereocenters. The number of rotatable bonds is 16. The van der Waals surface area contributed by atoms with Crippen molar-refractivity contribution in [1.29, 1.82) is 0 Å². The first-order valence-electron chi connectivity index (χ1n) is 12.2. The van der Waals surface area contributed by atoms with Crippen LogP contribution in [-0.2, 0) is 13.1 Å². The van der Waals surface area contributed by atoms with Gasteiger partial charge in [-0.15, -0.1) is 0 Å². The standard InChI is InChI=1S/C27H40N2O3/c1-2-3-4-5-6-7-8-9-10-11-18-28-27(31)25-16-12-14-23(19-25)21-29(32)22-24-15-13-17-26(30)20-24/h12-17,19-20,30,32H,2-11,18,21-22H2,1H3,(H,28,31). The van der Waals surface area contributed by atoms with Crippen molar-refractivity contribution >= 4 is 5.91 Å². The van der Waals surface area contributed by atoms with Crippen LogP contribution in [0.3, 0.4) is 0 Å². The minimum atomic E-state index is -0.0692. The lowest BCUT2D eigenvalue weighted by atomic mass is 10.1. The van der Waals surface area contributed by atoms with Crippen LogP contribution in [0.1, 0.15) is 92.6 Å². The topological polar surface area (TPSA) is 72.8 Å². The van der Waals surface area contributed by atoms with Crippen LogP contribution >= 0.6 is 0 Å². The fourth-order valence-electron chi connectivity index (χ4n) is 3.86. The van der Waals surface area contributed by atoms with Crippen molar-refractivity contribution in [2.24, 2.45) is 0 Å². The van der Waals surface area contributed by atoms with E-state index in [-0.39, 0.29) is 11.7 Å². The van der Waals surface area contributed by atoms with E-state index in [2.05, 4.69) is 12.2 Å². The van der Waals surface area contributed by atoms with Crippen molar-refractivity contribution in [2.45, 2.75) is 84.2 Å². The number of nitrogens with zero attached hydrogens (tertiary/aromatic N) is 1. The predicted molar refractivity (Wildman–Crippen MR) is 130 cm³/mol. The van der Waals surface area contributed by atoms with Gasteiger partial charge in [-0.1, -0.05) is 89.0 Å². The van der Waals surface area contributed by atoms with Crippen molar-refractivity contribution in [3.63, 3.8) is 0 Å². The second-order valence-corrected chi connectivity index (χ2v) is 8.63. The lowest BCUT2D eigenvalue weighted by Gasteiger charge is -2.15. The molecular weight excluding hydrogens is 400 g/mol. The van der Waals surface area contributed by atoms with Gasteiger partial charge in [0.1, 0.15) is 5.75 Å². The molecular formula is C27H40N2O3. The van der Waals surface area contributed by atoms with Crippen molar-refractivity contribution in [3.8, 4) is 5.75 Å². The summed E-state index contributed by atoms with van der Waals surface area (Å²) in [5.74, 6) is 0.109. The summed E-state index contributed by atoms with van der Waals surface area (Å²) in [5.41, 5.74) is 2.29. The van der Waals surface area contributed by atoms with E-state index in [1.807, 2.05) is 24.3 Å². The average Bonchev–Trinajstić information content (AvgIpc) is 2.77. The number of aromatic hydroxyl groups is 1. The number of hydrogen-bond acceptors (Lipinski definition) is 4. The summed E-state index contributed by atoms with van der Waals surface area (Å²) in [6.45, 7) is 3.54. The van der Waals surface area contributed by atoms with E-state index in [1.165, 1.54) is 56.4 Å². The number of phenolic OH excluding ortho intramolecular Hbond substituents is 1. The van der Waals surface area contributed by atoms with Crippen LogP contribution in [0.25, 0.3) is 0 Å². The van der Waals surface area contributed by atoms with Gasteiger partial charge in [-0.3, -0.25) is 4.79 Å². The molecule has 0 spiro atoms. The number of benzene rings is 2. The van der Waals surface area contributed by atoms with E-state index >= 15 is 0 Å². The fourth-order valence-corrected chi connectivity index (χ4v) is 3.86. The highest BCUT2D eigenvalue weighted by Crippen LogP contribution is 2.15. The Morgan fingerprint density at radius 3 is 2.00 bits per heavy atom. The fraction of sp³-hybridized carbons (Fsp3) is 0.519. The first-order valence-corrected chi connectivity index (χ1v) is 12.2. The summed E-state index contributed by atoms with van der Waals surface area (Å²) < 4.78 is 0. The van der Waals surface area contributed by atoms with E-state index in [0.717, 1.165) is 24.0 Å². The van der Waals surface area contributed by atoms with Gasteiger partial charge >= 0.3 is 0 Å². The van der Waals surface area contributed by atoms with Crippen molar-refractivity contribution < 1.29 is 15.1 Å². The molecule has 5 nitrogen and oxygen atoms in total. The molecule has 0 fully saturated rings. The minimum Gasteiger partial charge on any atom is -0.508 e. The highest BCUT2D eigenvalue weighted by atomic mass is 16.5. The van der Waals surface area contributed by atoms with Gasteiger partial charge < -0.3 is 15.6 Å². The zero-order valence-electron chi connectivity index (χ0n) is 19.6. The van der Waals surface area contributed by atoms with Crippen molar-refractivity contribution in [3.05, 3.63) is 65.2 Å². The maximum atomic E-state index is 12.5. The van der Waals surface area contributed by atoms with Gasteiger partial charge in [-0.05, 0) is 41.8 Å². The molecule has 2 aromatic carbocycles. The maximum Gasteiger partial charge on any atom is 0.251 e. The minimum absolute atomic E-state index is 0.0692. The molecule has 0 aliphatic rings. The van der Waals surface area contributed by atoms with E-state index in [9.17, 15) is 15.1 Å². The number of carbonyl (C=O) groups excluding carboxylic acids is 1. The van der Waals surface area contributed by atoms with Crippen LogP contribution in [0.15, 0.2) is 48.5 Å². The molecule has 2 aromatic rings. The van der Waals surface area contributed by atoms with Crippen molar-refractivity contribution in [2.75, 3.05) is 6.54 Å². The molecule has 1 amide bonds. The number of nitrogens with one attached hydrogen (secondary N) is 1. The molecule has 0 radical (unpaired) electrons. The van der Waals surface area contributed by atoms with Crippen LogP contribution in [0.4, 0.5) is 0 Å². The Hall–Kier alpha value is -2.37. The first-order chi connectivity index (χ1) is 15.6. The summed E-state index contributed by atoms with van der Waals surface area (Å²) in [6.07, 6.45) is 12.8. The molecule has 176 valence electrons. The van der Waals surface area contributed by atoms with Gasteiger partial charge in [0.25, 0.3) is 5.91 Å². The second-order valence-electron chi connectivity index (χ2n) is 8.63. The largest absolute Gasteiger partial charge is 0.508 e. The second kappa shape index (κ2) is 15.4. The summed E-state index contributed by atoms with van der Waals surface area (Å²) in [6, 6.07) is 14.2. The number of hydrogen-bond donors (Lipinski definition) is 3. The molecule has 3 N–H and O–H groups in total. The Balaban J connectivity index is 1.63. The predicted octanol–water partition coefficient (Wildman–Crippen LogP) is 6.43. The highest BCUT2D eigenvalue weighted by Gasteiger charge is 2.09. The normalized spacial score (nSPS) is 11.1. The smallest absolute Gasteiger partial charge is 0.251 e. The lowest BCUT2D eigenvalue weighted by Crippen LogP contribution is -2.25. The quantitative estimate of drug-likeness (QED) is 0.208. The molecule has 32 heavy (non-hydrogen) atoms. The zero-order chi connectivity index (χ0) is 23.0. The summed E-state index contributed by atoms with van der Waals surface area (Å²) >= 11 is 0. The number of carbonyl (C=O) groups is 1. The van der Waals surface area contributed by atoms with Gasteiger partial charge in [0, 0.05) is 25.2 Å². The Kier molecular flexibility index (Phi) is 12.5. The van der Waals surface area contributed by atoms with Gasteiger partial charge in [-0.2, -0.15) is 5.06 Å². The molecule has 0 aliphatic carbocycles. The van der Waals surface area contributed by atoms with Crippen LogP contribution < -0.4 is 5.32 Å². The molecule has 5 heteroatoms. The van der Waals surface area contributed by atoms with Crippen molar-refractivity contribution in [1.82, 2.24) is 10.4 Å². The van der Waals surface area contributed by atoms with E-state index in [0.29, 0.717) is 25.2 Å². The molecule has 0 heterocycles. The SMILES string of the molecule is CCCCCCCCCCCCNC(=O)c1cccc(CN(O)Cc2cccc(O)c2)c1. The molecule has 0 bridgehead atoms. The first kappa shape index (κ1) is 25.9. The van der Waals surface area contributed by atoms with Crippen LogP contribution in [0.2, 0.25) is 0 Å². The number of unbranched alkanes of at least 4 members (excludes halogenated alkanes) is 9. The van der Waals surface area contributed by atoms with Gasteiger partial charge in [0.15, 0.2) is 0 Å². The lowest BCUT2D eigenvalue weighted by molar-refractivity contribution is -0.108. The molecule has 0 saturated heterocycles. The van der Waals surface area contributed by atoms with Gasteiger partial charge in [0.05, 0.1) is 0 Å². The summed E-state index contributed by atoms with van der Waals surface area (Å²) in [7, 11) is 0. The van der Waals surface area contributed by atoms with Gasteiger partial charge in [-0.25, -0.2) is 0 Å². The zero-order valence-corrected chi connectivity index (χ0v) is 19.6. The van der Waals surface area contributed by atoms with Crippen LogP contribution in [0.5, 0.6) is 5.75 Å². The molecule has 0 aliphatic heterocycles. The van der Waals surface area contributed by atoms with E-state index < -0.39 is 0 Å². The number of phenols is 1. The average molecular weight is 441 g/mol. The Morgan fingerprint density at radius 2 is 1.38 bits per heavy atom. The van der Waals surface area contributed by atoms with Crippen LogP contribution in [-0.4, -0.2) is 27.8 Å². The number of hydroxylamine groups is 2. The monoisotopic (exact) mass is 440 g/mol. The summed E-state index contributed by atoms with van der Waals surface area (Å²) in [5, 5.41) is 24.0.